The van der Waals surface area contributed by atoms with Gasteiger partial charge in [0.25, 0.3) is 0 Å². The molecule has 12 rings (SSSR count). The second-order valence-corrected chi connectivity index (χ2v) is 17.3. The summed E-state index contributed by atoms with van der Waals surface area (Å²) in [6, 6.07) is 94.5. The van der Waals surface area contributed by atoms with Gasteiger partial charge in [0, 0.05) is 21.5 Å². The molecule has 0 radical (unpaired) electrons. The van der Waals surface area contributed by atoms with E-state index < -0.39 is 0 Å². The van der Waals surface area contributed by atoms with Crippen molar-refractivity contribution in [3.63, 3.8) is 0 Å². The summed E-state index contributed by atoms with van der Waals surface area (Å²) in [5, 5.41) is 3.57. The lowest BCUT2D eigenvalue weighted by atomic mass is 9.68. The Hall–Kier alpha value is -7.72. The van der Waals surface area contributed by atoms with E-state index in [-0.39, 0.29) is 10.8 Å². The number of anilines is 3. The quantitative estimate of drug-likeness (QED) is 0.163. The van der Waals surface area contributed by atoms with Crippen LogP contribution in [-0.2, 0) is 10.8 Å². The summed E-state index contributed by atoms with van der Waals surface area (Å²) in [6.07, 6.45) is 0. The van der Waals surface area contributed by atoms with Crippen molar-refractivity contribution >= 4 is 33.0 Å². The number of nitrogens with two attached hydrogens (primary N) is 1. The molecule has 3 heteroatoms. The Balaban J connectivity index is 0.000000135. The topological polar surface area (TPSA) is 38.0 Å². The maximum absolute atomic E-state index is 5.36. The Morgan fingerprint density at radius 3 is 1.12 bits per heavy atom. The second-order valence-electron chi connectivity index (χ2n) is 16.4. The molecule has 0 unspecified atom stereocenters. The molecule has 2 nitrogen and oxygen atoms in total. The molecule has 0 heterocycles. The van der Waals surface area contributed by atoms with E-state index in [1.807, 2.05) is 36.4 Å². The fourth-order valence-electron chi connectivity index (χ4n) is 10.1. The number of fused-ring (bicyclic) bond motifs is 6. The van der Waals surface area contributed by atoms with Crippen molar-refractivity contribution in [2.75, 3.05) is 11.1 Å². The van der Waals surface area contributed by atoms with Crippen LogP contribution < -0.4 is 11.1 Å². The smallest absolute Gasteiger partial charge is 0.0713 e. The first-order chi connectivity index (χ1) is 32.1. The maximum atomic E-state index is 5.36. The van der Waals surface area contributed by atoms with Gasteiger partial charge in [-0.1, -0.05) is 234 Å². The van der Waals surface area contributed by atoms with Crippen LogP contribution in [0.4, 0.5) is 17.1 Å². The minimum atomic E-state index is -0.334. The van der Waals surface area contributed by atoms with Gasteiger partial charge in [0.2, 0.25) is 0 Å². The van der Waals surface area contributed by atoms with Crippen molar-refractivity contribution < 1.29 is 0 Å². The first kappa shape index (κ1) is 41.3. The van der Waals surface area contributed by atoms with E-state index >= 15 is 0 Å². The van der Waals surface area contributed by atoms with Crippen LogP contribution in [0.15, 0.2) is 271 Å². The lowest BCUT2D eigenvalue weighted by molar-refractivity contribution is 0.768. The number of benzene rings is 10. The van der Waals surface area contributed by atoms with Crippen LogP contribution in [0.5, 0.6) is 0 Å². The number of para-hydroxylation sites is 2. The Labute approximate surface area is 390 Å². The van der Waals surface area contributed by atoms with Crippen molar-refractivity contribution in [1.29, 1.82) is 0 Å². The zero-order chi connectivity index (χ0) is 44.1. The van der Waals surface area contributed by atoms with E-state index in [2.05, 4.69) is 252 Å². The van der Waals surface area contributed by atoms with Gasteiger partial charge in [-0.2, -0.15) is 0 Å². The molecule has 65 heavy (non-hydrogen) atoms. The van der Waals surface area contributed by atoms with Crippen LogP contribution in [0.25, 0.3) is 22.3 Å². The molecule has 10 aromatic rings. The largest absolute Gasteiger partial charge is 0.399 e. The summed E-state index contributed by atoms with van der Waals surface area (Å²) in [7, 11) is 0. The van der Waals surface area contributed by atoms with Crippen molar-refractivity contribution in [2.24, 2.45) is 0 Å². The molecule has 10 aromatic carbocycles. The van der Waals surface area contributed by atoms with Crippen LogP contribution in [0.3, 0.4) is 0 Å². The molecule has 0 aromatic heterocycles. The summed E-state index contributed by atoms with van der Waals surface area (Å²) in [5.41, 5.74) is 23.5. The summed E-state index contributed by atoms with van der Waals surface area (Å²) in [4.78, 5) is 0. The zero-order valence-corrected chi connectivity index (χ0v) is 37.4. The van der Waals surface area contributed by atoms with E-state index in [4.69, 9.17) is 5.73 Å². The molecule has 312 valence electrons. The molecule has 0 bridgehead atoms. The van der Waals surface area contributed by atoms with Gasteiger partial charge >= 0.3 is 0 Å². The monoisotopic (exact) mass is 898 g/mol. The number of nitrogens with one attached hydrogen (secondary N) is 1. The molecular formula is C62H47BrN2. The number of halogens is 1. The van der Waals surface area contributed by atoms with Crippen LogP contribution in [0, 0.1) is 0 Å². The second kappa shape index (κ2) is 18.2. The Morgan fingerprint density at radius 1 is 0.292 bits per heavy atom. The summed E-state index contributed by atoms with van der Waals surface area (Å²) in [5.74, 6) is 0. The van der Waals surface area contributed by atoms with Gasteiger partial charge in [0.05, 0.1) is 10.8 Å². The highest BCUT2D eigenvalue weighted by Gasteiger charge is 2.47. The van der Waals surface area contributed by atoms with Crippen LogP contribution in [0.1, 0.15) is 44.5 Å². The van der Waals surface area contributed by atoms with Crippen molar-refractivity contribution in [3.05, 3.63) is 316 Å². The van der Waals surface area contributed by atoms with E-state index in [9.17, 15) is 0 Å². The number of rotatable bonds is 6. The van der Waals surface area contributed by atoms with Crippen molar-refractivity contribution in [1.82, 2.24) is 0 Å². The van der Waals surface area contributed by atoms with E-state index in [1.54, 1.807) is 0 Å². The highest BCUT2D eigenvalue weighted by atomic mass is 79.9. The maximum Gasteiger partial charge on any atom is 0.0713 e. The van der Waals surface area contributed by atoms with Gasteiger partial charge in [-0.15, -0.1) is 0 Å². The molecule has 0 saturated heterocycles. The van der Waals surface area contributed by atoms with Gasteiger partial charge in [-0.05, 0) is 115 Å². The van der Waals surface area contributed by atoms with Crippen LogP contribution in [0.2, 0.25) is 0 Å². The molecule has 0 spiro atoms. The number of hydrogen-bond acceptors (Lipinski definition) is 2. The van der Waals surface area contributed by atoms with Crippen molar-refractivity contribution in [2.45, 2.75) is 10.8 Å². The van der Waals surface area contributed by atoms with Crippen molar-refractivity contribution in [3.8, 4) is 22.3 Å². The summed E-state index contributed by atoms with van der Waals surface area (Å²) >= 11 is 3.71. The van der Waals surface area contributed by atoms with E-state index in [0.717, 1.165) is 21.5 Å². The highest BCUT2D eigenvalue weighted by molar-refractivity contribution is 9.10. The first-order valence-corrected chi connectivity index (χ1v) is 22.9. The Morgan fingerprint density at radius 2 is 0.662 bits per heavy atom. The summed E-state index contributed by atoms with van der Waals surface area (Å²) < 4.78 is 1.11. The normalized spacial score (nSPS) is 13.0. The fraction of sp³-hybridized carbons (Fsp3) is 0.0323. The Kier molecular flexibility index (Phi) is 11.5. The number of nitrogen functional groups attached to an aromatic ring is 1. The predicted octanol–water partition coefficient (Wildman–Crippen LogP) is 15.9. The third-order valence-electron chi connectivity index (χ3n) is 12.7. The molecule has 2 aliphatic carbocycles. The first-order valence-electron chi connectivity index (χ1n) is 22.1. The zero-order valence-electron chi connectivity index (χ0n) is 35.9. The van der Waals surface area contributed by atoms with Gasteiger partial charge in [-0.25, -0.2) is 0 Å². The van der Waals surface area contributed by atoms with Gasteiger partial charge in [-0.3, -0.25) is 0 Å². The lowest BCUT2D eigenvalue weighted by Gasteiger charge is -2.33. The van der Waals surface area contributed by atoms with E-state index in [1.165, 1.54) is 66.8 Å². The fourth-order valence-corrected chi connectivity index (χ4v) is 10.4. The molecule has 0 amide bonds. The molecule has 0 atom stereocenters. The van der Waals surface area contributed by atoms with E-state index in [0.29, 0.717) is 0 Å². The van der Waals surface area contributed by atoms with Gasteiger partial charge in [0.15, 0.2) is 0 Å². The lowest BCUT2D eigenvalue weighted by Crippen LogP contribution is -2.28. The SMILES string of the molecule is Brc1ccc2c(c1)C(c1ccccc1)(c1ccccc1)c1ccccc1-2.Nc1ccccc1.c1ccc(Nc2ccc3c(c2)-c2ccccc2C3(c2ccccc2)c2ccccc2)cc1. The third-order valence-corrected chi connectivity index (χ3v) is 13.2. The average molecular weight is 900 g/mol. The van der Waals surface area contributed by atoms with Crippen LogP contribution >= 0.6 is 15.9 Å². The standard InChI is InChI=1S/C31H23N.C25H17Br.C6H7N/c1-4-12-23(13-5-1)31(24-14-6-2-7-15-24)29-19-11-10-18-27(29)28-22-26(20-21-30(28)31)32-25-16-8-3-9-17-25;26-20-15-16-22-21-13-7-8-14-23(21)25(24(22)17-20,18-9-3-1-4-10-18)19-11-5-2-6-12-19;7-6-4-2-1-3-5-6/h1-22,32H;1-17H;1-5H,7H2. The minimum absolute atomic E-state index is 0.293. The predicted molar refractivity (Wildman–Crippen MR) is 276 cm³/mol. The highest BCUT2D eigenvalue weighted by Crippen LogP contribution is 2.58. The third kappa shape index (κ3) is 7.54. The number of hydrogen-bond donors (Lipinski definition) is 2. The molecule has 3 N–H and O–H groups in total. The minimum Gasteiger partial charge on any atom is -0.399 e. The molecule has 0 aliphatic heterocycles. The summed E-state index contributed by atoms with van der Waals surface area (Å²) in [6.45, 7) is 0. The molecule has 0 saturated carbocycles. The molecule has 0 fully saturated rings. The average Bonchev–Trinajstić information content (AvgIpc) is 3.84. The Bertz CT molecular complexity index is 3090. The van der Waals surface area contributed by atoms with Crippen LogP contribution in [-0.4, -0.2) is 0 Å². The van der Waals surface area contributed by atoms with Gasteiger partial charge < -0.3 is 11.1 Å². The molecular weight excluding hydrogens is 853 g/mol. The van der Waals surface area contributed by atoms with Gasteiger partial charge in [0.1, 0.15) is 0 Å². The molecule has 2 aliphatic rings.